The van der Waals surface area contributed by atoms with E-state index in [4.69, 9.17) is 9.47 Å². The molecule has 1 saturated heterocycles. The van der Waals surface area contributed by atoms with Gasteiger partial charge in [-0.15, -0.1) is 0 Å². The highest BCUT2D eigenvalue weighted by atomic mass is 16.5. The van der Waals surface area contributed by atoms with Crippen molar-refractivity contribution in [3.8, 4) is 17.0 Å². The van der Waals surface area contributed by atoms with Crippen LogP contribution in [0.25, 0.3) is 11.1 Å². The Kier molecular flexibility index (Phi) is 5.03. The second kappa shape index (κ2) is 7.38. The van der Waals surface area contributed by atoms with Crippen molar-refractivity contribution in [3.05, 3.63) is 48.2 Å². The van der Waals surface area contributed by atoms with Crippen molar-refractivity contribution in [2.75, 3.05) is 19.7 Å². The number of nitrogens with zero attached hydrogens (tertiary/aromatic N) is 1. The lowest BCUT2D eigenvalue weighted by Gasteiger charge is -2.15. The molecule has 0 aliphatic carbocycles. The summed E-state index contributed by atoms with van der Waals surface area (Å²) in [5, 5.41) is 3.33. The minimum absolute atomic E-state index is 0.313. The Hall–Kier alpha value is -1.91. The first kappa shape index (κ1) is 15.0. The first-order valence-corrected chi connectivity index (χ1v) is 7.87. The van der Waals surface area contributed by atoms with E-state index in [1.807, 2.05) is 31.2 Å². The summed E-state index contributed by atoms with van der Waals surface area (Å²) in [6.45, 7) is 5.18. The standard InChI is InChI=1S/C18H22N2O2/c1-2-21-18-17(8-5-10-20-18)16-7-4-3-6-14(16)13-22-15-9-11-19-12-15/h3-8,10,15,19H,2,9,11-13H2,1H3/t15-/m0/s1. The highest BCUT2D eigenvalue weighted by Gasteiger charge is 2.16. The molecule has 0 spiro atoms. The predicted molar refractivity (Wildman–Crippen MR) is 86.9 cm³/mol. The predicted octanol–water partition coefficient (Wildman–Crippen LogP) is 3.03. The summed E-state index contributed by atoms with van der Waals surface area (Å²) in [6, 6.07) is 12.3. The molecule has 1 aromatic heterocycles. The normalized spacial score (nSPS) is 17.6. The summed E-state index contributed by atoms with van der Waals surface area (Å²) in [5.74, 6) is 0.681. The topological polar surface area (TPSA) is 43.4 Å². The third kappa shape index (κ3) is 3.46. The van der Waals surface area contributed by atoms with Gasteiger partial charge < -0.3 is 14.8 Å². The van der Waals surface area contributed by atoms with Gasteiger partial charge in [-0.2, -0.15) is 0 Å². The Morgan fingerprint density at radius 1 is 1.18 bits per heavy atom. The molecule has 0 bridgehead atoms. The number of aromatic nitrogens is 1. The number of ether oxygens (including phenoxy) is 2. The molecule has 0 saturated carbocycles. The van der Waals surface area contributed by atoms with Crippen molar-refractivity contribution >= 4 is 0 Å². The van der Waals surface area contributed by atoms with E-state index in [1.165, 1.54) is 5.56 Å². The van der Waals surface area contributed by atoms with Gasteiger partial charge in [0.1, 0.15) is 0 Å². The van der Waals surface area contributed by atoms with Crippen LogP contribution in [-0.4, -0.2) is 30.8 Å². The fourth-order valence-corrected chi connectivity index (χ4v) is 2.73. The maximum absolute atomic E-state index is 6.03. The molecule has 1 N–H and O–H groups in total. The lowest BCUT2D eigenvalue weighted by Crippen LogP contribution is -2.16. The van der Waals surface area contributed by atoms with Gasteiger partial charge in [0.2, 0.25) is 5.88 Å². The van der Waals surface area contributed by atoms with E-state index in [9.17, 15) is 0 Å². The van der Waals surface area contributed by atoms with Crippen LogP contribution in [0.5, 0.6) is 5.88 Å². The van der Waals surface area contributed by atoms with Crippen LogP contribution < -0.4 is 10.1 Å². The van der Waals surface area contributed by atoms with Gasteiger partial charge in [-0.25, -0.2) is 4.98 Å². The Morgan fingerprint density at radius 3 is 2.86 bits per heavy atom. The first-order valence-electron chi connectivity index (χ1n) is 7.87. The van der Waals surface area contributed by atoms with Gasteiger partial charge in [0.05, 0.1) is 19.3 Å². The smallest absolute Gasteiger partial charge is 0.221 e. The molecule has 1 aliphatic heterocycles. The van der Waals surface area contributed by atoms with Crippen LogP contribution in [-0.2, 0) is 11.3 Å². The number of rotatable bonds is 6. The third-order valence-corrected chi connectivity index (χ3v) is 3.85. The molecule has 0 radical (unpaired) electrons. The summed E-state index contributed by atoms with van der Waals surface area (Å²) >= 11 is 0. The summed E-state index contributed by atoms with van der Waals surface area (Å²) in [4.78, 5) is 4.35. The Bertz CT molecular complexity index is 610. The monoisotopic (exact) mass is 298 g/mol. The summed E-state index contributed by atoms with van der Waals surface area (Å²) < 4.78 is 11.7. The van der Waals surface area contributed by atoms with E-state index >= 15 is 0 Å². The Labute approximate surface area is 131 Å². The molecule has 2 heterocycles. The molecule has 1 aliphatic rings. The van der Waals surface area contributed by atoms with Crippen molar-refractivity contribution in [2.24, 2.45) is 0 Å². The Morgan fingerprint density at radius 2 is 2.05 bits per heavy atom. The zero-order valence-corrected chi connectivity index (χ0v) is 12.9. The molecule has 4 heteroatoms. The van der Waals surface area contributed by atoms with Crippen molar-refractivity contribution in [2.45, 2.75) is 26.1 Å². The number of benzene rings is 1. The minimum Gasteiger partial charge on any atom is -0.478 e. The van der Waals surface area contributed by atoms with E-state index in [0.717, 1.165) is 30.6 Å². The molecule has 1 aromatic carbocycles. The number of hydrogen-bond donors (Lipinski definition) is 1. The van der Waals surface area contributed by atoms with Gasteiger partial charge in [0.15, 0.2) is 0 Å². The highest BCUT2D eigenvalue weighted by Crippen LogP contribution is 2.31. The van der Waals surface area contributed by atoms with Crippen LogP contribution in [0.4, 0.5) is 0 Å². The quantitative estimate of drug-likeness (QED) is 0.890. The molecule has 1 atom stereocenters. The van der Waals surface area contributed by atoms with Gasteiger partial charge in [0, 0.05) is 18.3 Å². The maximum atomic E-state index is 6.03. The van der Waals surface area contributed by atoms with E-state index in [-0.39, 0.29) is 0 Å². The van der Waals surface area contributed by atoms with E-state index in [0.29, 0.717) is 25.2 Å². The van der Waals surface area contributed by atoms with Crippen LogP contribution in [0.1, 0.15) is 18.9 Å². The zero-order chi connectivity index (χ0) is 15.2. The van der Waals surface area contributed by atoms with Crippen LogP contribution in [0, 0.1) is 0 Å². The fourth-order valence-electron chi connectivity index (χ4n) is 2.73. The molecule has 22 heavy (non-hydrogen) atoms. The van der Waals surface area contributed by atoms with Gasteiger partial charge in [0.25, 0.3) is 0 Å². The molecular formula is C18H22N2O2. The minimum atomic E-state index is 0.313. The van der Waals surface area contributed by atoms with Crippen LogP contribution in [0.2, 0.25) is 0 Å². The van der Waals surface area contributed by atoms with Crippen molar-refractivity contribution in [1.29, 1.82) is 0 Å². The van der Waals surface area contributed by atoms with Crippen molar-refractivity contribution in [1.82, 2.24) is 10.3 Å². The number of pyridine rings is 1. The van der Waals surface area contributed by atoms with Crippen molar-refractivity contribution in [3.63, 3.8) is 0 Å². The average molecular weight is 298 g/mol. The van der Waals surface area contributed by atoms with Crippen LogP contribution in [0.15, 0.2) is 42.6 Å². The molecule has 2 aromatic rings. The van der Waals surface area contributed by atoms with Crippen molar-refractivity contribution < 1.29 is 9.47 Å². The summed E-state index contributed by atoms with van der Waals surface area (Å²) in [6.07, 6.45) is 3.16. The summed E-state index contributed by atoms with van der Waals surface area (Å²) in [5.41, 5.74) is 3.32. The summed E-state index contributed by atoms with van der Waals surface area (Å²) in [7, 11) is 0. The van der Waals surface area contributed by atoms with E-state index in [1.54, 1.807) is 6.20 Å². The van der Waals surface area contributed by atoms with Gasteiger partial charge in [-0.05, 0) is 43.1 Å². The SMILES string of the molecule is CCOc1ncccc1-c1ccccc1CO[C@H]1CCNC1. The third-order valence-electron chi connectivity index (χ3n) is 3.85. The molecular weight excluding hydrogens is 276 g/mol. The molecule has 0 amide bonds. The maximum Gasteiger partial charge on any atom is 0.221 e. The van der Waals surface area contributed by atoms with Gasteiger partial charge >= 0.3 is 0 Å². The molecule has 116 valence electrons. The zero-order valence-electron chi connectivity index (χ0n) is 12.9. The molecule has 1 fully saturated rings. The number of hydrogen-bond acceptors (Lipinski definition) is 4. The second-order valence-electron chi connectivity index (χ2n) is 5.37. The van der Waals surface area contributed by atoms with E-state index < -0.39 is 0 Å². The molecule has 4 nitrogen and oxygen atoms in total. The lowest BCUT2D eigenvalue weighted by atomic mass is 10.0. The highest BCUT2D eigenvalue weighted by molar-refractivity contribution is 5.71. The second-order valence-corrected chi connectivity index (χ2v) is 5.37. The fraction of sp³-hybridized carbons (Fsp3) is 0.389. The van der Waals surface area contributed by atoms with Crippen LogP contribution >= 0.6 is 0 Å². The van der Waals surface area contributed by atoms with Gasteiger partial charge in [-0.3, -0.25) is 0 Å². The Balaban J connectivity index is 1.84. The van der Waals surface area contributed by atoms with E-state index in [2.05, 4.69) is 22.4 Å². The lowest BCUT2D eigenvalue weighted by molar-refractivity contribution is 0.0545. The van der Waals surface area contributed by atoms with Crippen LogP contribution in [0.3, 0.4) is 0 Å². The molecule has 3 rings (SSSR count). The van der Waals surface area contributed by atoms with Gasteiger partial charge in [-0.1, -0.05) is 24.3 Å². The average Bonchev–Trinajstić information content (AvgIpc) is 3.08. The first-order chi connectivity index (χ1) is 10.9. The molecule has 0 unspecified atom stereocenters. The largest absolute Gasteiger partial charge is 0.478 e. The number of nitrogens with one attached hydrogen (secondary N) is 1.